The fourth-order valence-electron chi connectivity index (χ4n) is 2.73. The number of nitrogens with zero attached hydrogens (tertiary/aromatic N) is 3. The SMILES string of the molecule is Cc1ccc([N+](=O)[O-])cc1NC(=O)/C(C#N)=C/c1ccc(-c2ccc([N+](=O)[O-])cc2Br)o1. The zero-order valence-corrected chi connectivity index (χ0v) is 18.0. The Kier molecular flexibility index (Phi) is 6.46. The average Bonchev–Trinajstić information content (AvgIpc) is 3.21. The van der Waals surface area contributed by atoms with Gasteiger partial charge >= 0.3 is 0 Å². The molecule has 0 bridgehead atoms. The van der Waals surface area contributed by atoms with Crippen molar-refractivity contribution in [2.45, 2.75) is 6.92 Å². The lowest BCUT2D eigenvalue weighted by molar-refractivity contribution is -0.385. The van der Waals surface area contributed by atoms with Gasteiger partial charge in [0.25, 0.3) is 17.3 Å². The van der Waals surface area contributed by atoms with Crippen molar-refractivity contribution in [1.82, 2.24) is 0 Å². The van der Waals surface area contributed by atoms with Gasteiger partial charge in [-0.2, -0.15) is 5.26 Å². The first-order valence-electron chi connectivity index (χ1n) is 8.92. The molecule has 1 amide bonds. The number of halogens is 1. The van der Waals surface area contributed by atoms with Gasteiger partial charge in [-0.25, -0.2) is 0 Å². The van der Waals surface area contributed by atoms with Gasteiger partial charge in [0.1, 0.15) is 23.2 Å². The first-order valence-corrected chi connectivity index (χ1v) is 9.71. The second kappa shape index (κ2) is 9.23. The van der Waals surface area contributed by atoms with Crippen molar-refractivity contribution in [3.8, 4) is 17.4 Å². The molecular formula is C21H13BrN4O6. The van der Waals surface area contributed by atoms with Crippen LogP contribution in [0.5, 0.6) is 0 Å². The Bertz CT molecular complexity index is 1320. The minimum Gasteiger partial charge on any atom is -0.457 e. The quantitative estimate of drug-likeness (QED) is 0.208. The predicted molar refractivity (Wildman–Crippen MR) is 119 cm³/mol. The summed E-state index contributed by atoms with van der Waals surface area (Å²) in [6.45, 7) is 1.66. The number of anilines is 1. The van der Waals surface area contributed by atoms with E-state index in [2.05, 4.69) is 21.2 Å². The highest BCUT2D eigenvalue weighted by Crippen LogP contribution is 2.33. The third-order valence-electron chi connectivity index (χ3n) is 4.39. The molecule has 0 atom stereocenters. The van der Waals surface area contributed by atoms with Crippen molar-refractivity contribution in [3.63, 3.8) is 0 Å². The zero-order valence-electron chi connectivity index (χ0n) is 16.4. The number of rotatable bonds is 6. The highest BCUT2D eigenvalue weighted by molar-refractivity contribution is 9.10. The Morgan fingerprint density at radius 2 is 1.75 bits per heavy atom. The molecular weight excluding hydrogens is 484 g/mol. The number of nitrogens with one attached hydrogen (secondary N) is 1. The molecule has 160 valence electrons. The fraction of sp³-hybridized carbons (Fsp3) is 0.0476. The molecule has 2 aromatic carbocycles. The first-order chi connectivity index (χ1) is 15.2. The van der Waals surface area contributed by atoms with Crippen LogP contribution in [0.1, 0.15) is 11.3 Å². The Morgan fingerprint density at radius 1 is 1.09 bits per heavy atom. The number of hydrogen-bond acceptors (Lipinski definition) is 7. The summed E-state index contributed by atoms with van der Waals surface area (Å²) in [6, 6.07) is 13.1. The fourth-order valence-corrected chi connectivity index (χ4v) is 3.29. The Hall–Kier alpha value is -4.30. The maximum Gasteiger partial charge on any atom is 0.271 e. The molecule has 0 aliphatic heterocycles. The van der Waals surface area contributed by atoms with Crippen LogP contribution in [-0.2, 0) is 4.79 Å². The van der Waals surface area contributed by atoms with Crippen molar-refractivity contribution >= 4 is 45.0 Å². The number of nitro groups is 2. The van der Waals surface area contributed by atoms with Crippen LogP contribution in [-0.4, -0.2) is 15.8 Å². The van der Waals surface area contributed by atoms with Crippen LogP contribution in [0, 0.1) is 38.5 Å². The molecule has 11 heteroatoms. The molecule has 0 radical (unpaired) electrons. The topological polar surface area (TPSA) is 152 Å². The highest BCUT2D eigenvalue weighted by Gasteiger charge is 2.16. The summed E-state index contributed by atoms with van der Waals surface area (Å²) in [5, 5.41) is 33.7. The van der Waals surface area contributed by atoms with E-state index in [0.29, 0.717) is 21.4 Å². The summed E-state index contributed by atoms with van der Waals surface area (Å²) in [4.78, 5) is 33.3. The monoisotopic (exact) mass is 496 g/mol. The van der Waals surface area contributed by atoms with Gasteiger partial charge in [0, 0.05) is 40.4 Å². The van der Waals surface area contributed by atoms with Crippen LogP contribution in [0.3, 0.4) is 0 Å². The third-order valence-corrected chi connectivity index (χ3v) is 5.04. The summed E-state index contributed by atoms with van der Waals surface area (Å²) in [7, 11) is 0. The molecule has 0 saturated heterocycles. The summed E-state index contributed by atoms with van der Waals surface area (Å²) < 4.78 is 6.10. The number of nitro benzene ring substituents is 2. The lowest BCUT2D eigenvalue weighted by Crippen LogP contribution is -2.14. The molecule has 3 aromatic rings. The Balaban J connectivity index is 1.85. The smallest absolute Gasteiger partial charge is 0.271 e. The van der Waals surface area contributed by atoms with Gasteiger partial charge in [0.15, 0.2) is 0 Å². The summed E-state index contributed by atoms with van der Waals surface area (Å²) in [6.07, 6.45) is 1.23. The van der Waals surface area contributed by atoms with Crippen LogP contribution < -0.4 is 5.32 Å². The number of carbonyl (C=O) groups excluding carboxylic acids is 1. The third kappa shape index (κ3) is 4.88. The van der Waals surface area contributed by atoms with Gasteiger partial charge in [0.2, 0.25) is 0 Å². The maximum absolute atomic E-state index is 12.5. The maximum atomic E-state index is 12.5. The Morgan fingerprint density at radius 3 is 2.38 bits per heavy atom. The molecule has 0 aliphatic rings. The van der Waals surface area contributed by atoms with Crippen LogP contribution >= 0.6 is 15.9 Å². The van der Waals surface area contributed by atoms with Gasteiger partial charge in [-0.05, 0) is 46.6 Å². The second-order valence-electron chi connectivity index (χ2n) is 6.50. The minimum atomic E-state index is -0.759. The van der Waals surface area contributed by atoms with Crippen LogP contribution in [0.4, 0.5) is 17.1 Å². The normalized spacial score (nSPS) is 11.0. The lowest BCUT2D eigenvalue weighted by Gasteiger charge is -2.07. The van der Waals surface area contributed by atoms with Crippen molar-refractivity contribution < 1.29 is 19.1 Å². The molecule has 0 spiro atoms. The van der Waals surface area contributed by atoms with Gasteiger partial charge in [-0.3, -0.25) is 25.0 Å². The largest absolute Gasteiger partial charge is 0.457 e. The molecule has 0 fully saturated rings. The highest BCUT2D eigenvalue weighted by atomic mass is 79.9. The van der Waals surface area contributed by atoms with Crippen molar-refractivity contribution in [2.24, 2.45) is 0 Å². The molecule has 0 saturated carbocycles. The first kappa shape index (κ1) is 22.4. The van der Waals surface area contributed by atoms with E-state index in [-0.39, 0.29) is 28.4 Å². The number of carbonyl (C=O) groups is 1. The average molecular weight is 497 g/mol. The molecule has 1 N–H and O–H groups in total. The second-order valence-corrected chi connectivity index (χ2v) is 7.36. The van der Waals surface area contributed by atoms with E-state index < -0.39 is 15.8 Å². The lowest BCUT2D eigenvalue weighted by atomic mass is 10.1. The number of furan rings is 1. The van der Waals surface area contributed by atoms with Crippen molar-refractivity contribution in [1.29, 1.82) is 5.26 Å². The standard InChI is InChI=1S/C21H13BrN4O6/c1-12-2-3-15(26(30)31)10-19(12)24-21(27)13(11-23)8-16-5-7-20(32-16)17-6-4-14(25(28)29)9-18(17)22/h2-10H,1H3,(H,24,27)/b13-8+. The summed E-state index contributed by atoms with van der Waals surface area (Å²) in [5.41, 5.74) is 0.778. The van der Waals surface area contributed by atoms with E-state index in [4.69, 9.17) is 4.42 Å². The number of non-ortho nitro benzene ring substituents is 2. The van der Waals surface area contributed by atoms with E-state index in [1.165, 1.54) is 48.5 Å². The molecule has 3 rings (SSSR count). The molecule has 1 heterocycles. The number of aryl methyl sites for hydroxylation is 1. The molecule has 1 aromatic heterocycles. The zero-order chi connectivity index (χ0) is 23.4. The molecule has 32 heavy (non-hydrogen) atoms. The van der Waals surface area contributed by atoms with Crippen LogP contribution in [0.15, 0.2) is 63.0 Å². The van der Waals surface area contributed by atoms with E-state index in [0.717, 1.165) is 0 Å². The van der Waals surface area contributed by atoms with Gasteiger partial charge in [0.05, 0.1) is 15.5 Å². The summed E-state index contributed by atoms with van der Waals surface area (Å²) >= 11 is 3.26. The Labute approximate surface area is 189 Å². The van der Waals surface area contributed by atoms with Crippen molar-refractivity contribution in [2.75, 3.05) is 5.32 Å². The number of nitriles is 1. The number of amides is 1. The number of benzene rings is 2. The van der Waals surface area contributed by atoms with Crippen molar-refractivity contribution in [3.05, 3.63) is 90.1 Å². The molecule has 0 unspecified atom stereocenters. The van der Waals surface area contributed by atoms with E-state index in [1.807, 2.05) is 0 Å². The van der Waals surface area contributed by atoms with E-state index in [9.17, 15) is 30.3 Å². The molecule has 0 aliphatic carbocycles. The van der Waals surface area contributed by atoms with Crippen LogP contribution in [0.25, 0.3) is 17.4 Å². The van der Waals surface area contributed by atoms with E-state index in [1.54, 1.807) is 19.1 Å². The molecule has 10 nitrogen and oxygen atoms in total. The number of hydrogen-bond donors (Lipinski definition) is 1. The summed E-state index contributed by atoms with van der Waals surface area (Å²) in [5.74, 6) is -0.191. The van der Waals surface area contributed by atoms with Gasteiger partial charge < -0.3 is 9.73 Å². The predicted octanol–water partition coefficient (Wildman–Crippen LogP) is 5.38. The van der Waals surface area contributed by atoms with E-state index >= 15 is 0 Å². The van der Waals surface area contributed by atoms with Gasteiger partial charge in [-0.1, -0.05) is 6.07 Å². The minimum absolute atomic E-state index is 0.0906. The van der Waals surface area contributed by atoms with Gasteiger partial charge in [-0.15, -0.1) is 0 Å². The van der Waals surface area contributed by atoms with Crippen LogP contribution in [0.2, 0.25) is 0 Å².